The summed E-state index contributed by atoms with van der Waals surface area (Å²) in [6.07, 6.45) is 6.41. The molecule has 1 aliphatic carbocycles. The van der Waals surface area contributed by atoms with E-state index in [4.69, 9.17) is 0 Å². The van der Waals surface area contributed by atoms with Crippen molar-refractivity contribution in [2.45, 2.75) is 56.9 Å². The number of carbonyl (C=O) groups excluding carboxylic acids is 1. The molecule has 1 amide bonds. The molecular weight excluding hydrogens is 438 g/mol. The summed E-state index contributed by atoms with van der Waals surface area (Å²) in [6.45, 7) is 7.03. The molecule has 9 heteroatoms. The lowest BCUT2D eigenvalue weighted by molar-refractivity contribution is 0.0939. The largest absolute Gasteiger partial charge is 0.353 e. The summed E-state index contributed by atoms with van der Waals surface area (Å²) in [4.78, 5) is 19.9. The van der Waals surface area contributed by atoms with Crippen LogP contribution in [0.5, 0.6) is 0 Å². The Hall–Kier alpha value is -2.65. The predicted octanol–water partition coefficient (Wildman–Crippen LogP) is 2.70. The number of pyridine rings is 1. The van der Waals surface area contributed by atoms with E-state index < -0.39 is 10.0 Å². The minimum atomic E-state index is -3.80. The topological polar surface area (TPSA) is 103 Å². The fourth-order valence-electron chi connectivity index (χ4n) is 4.30. The van der Waals surface area contributed by atoms with E-state index in [1.807, 2.05) is 19.9 Å². The predicted molar refractivity (Wildman–Crippen MR) is 130 cm³/mol. The summed E-state index contributed by atoms with van der Waals surface area (Å²) in [5, 5.41) is 6.28. The number of hydrogen-bond donors (Lipinski definition) is 3. The Morgan fingerprint density at radius 2 is 1.88 bits per heavy atom. The van der Waals surface area contributed by atoms with Crippen LogP contribution in [0.25, 0.3) is 0 Å². The molecule has 0 bridgehead atoms. The first-order valence-electron chi connectivity index (χ1n) is 11.8. The summed E-state index contributed by atoms with van der Waals surface area (Å²) in [7, 11) is -3.80. The molecule has 1 aromatic carbocycles. The Bertz CT molecular complexity index is 1110. The SMILES string of the molecule is CCC(C)NC(=O)c1cc(NS(=O)(=O)c2ccc3c(c2)CCCC3)cnc1N1CCNCC1. The second-order valence-electron chi connectivity index (χ2n) is 8.86. The Labute approximate surface area is 196 Å². The highest BCUT2D eigenvalue weighted by atomic mass is 32.2. The number of hydrogen-bond acceptors (Lipinski definition) is 6. The van der Waals surface area contributed by atoms with Crippen molar-refractivity contribution in [2.75, 3.05) is 35.8 Å². The third-order valence-corrected chi connectivity index (χ3v) is 7.78. The quantitative estimate of drug-likeness (QED) is 0.574. The van der Waals surface area contributed by atoms with Crippen LogP contribution >= 0.6 is 0 Å². The molecule has 8 nitrogen and oxygen atoms in total. The van der Waals surface area contributed by atoms with Gasteiger partial charge in [0.05, 0.1) is 22.3 Å². The number of carbonyl (C=O) groups is 1. The molecule has 2 heterocycles. The van der Waals surface area contributed by atoms with Gasteiger partial charge in [0.1, 0.15) is 5.82 Å². The van der Waals surface area contributed by atoms with Crippen LogP contribution in [0.3, 0.4) is 0 Å². The third-order valence-electron chi connectivity index (χ3n) is 6.40. The van der Waals surface area contributed by atoms with Crippen LogP contribution in [0.15, 0.2) is 35.4 Å². The molecule has 1 aromatic heterocycles. The maximum Gasteiger partial charge on any atom is 0.261 e. The van der Waals surface area contributed by atoms with Gasteiger partial charge in [-0.05, 0) is 68.4 Å². The van der Waals surface area contributed by atoms with Crippen LogP contribution in [0.1, 0.15) is 54.6 Å². The molecule has 3 N–H and O–H groups in total. The molecule has 33 heavy (non-hydrogen) atoms. The van der Waals surface area contributed by atoms with Gasteiger partial charge in [-0.25, -0.2) is 13.4 Å². The summed E-state index contributed by atoms with van der Waals surface area (Å²) < 4.78 is 28.9. The highest BCUT2D eigenvalue weighted by Crippen LogP contribution is 2.27. The zero-order chi connectivity index (χ0) is 23.4. The van der Waals surface area contributed by atoms with E-state index in [0.29, 0.717) is 11.4 Å². The highest BCUT2D eigenvalue weighted by Gasteiger charge is 2.23. The number of amides is 1. The van der Waals surface area contributed by atoms with Gasteiger partial charge in [0.2, 0.25) is 0 Å². The smallest absolute Gasteiger partial charge is 0.261 e. The minimum absolute atomic E-state index is 0.00390. The molecule has 1 unspecified atom stereocenters. The van der Waals surface area contributed by atoms with E-state index >= 15 is 0 Å². The van der Waals surface area contributed by atoms with Gasteiger partial charge < -0.3 is 15.5 Å². The molecule has 0 spiro atoms. The minimum Gasteiger partial charge on any atom is -0.353 e. The van der Waals surface area contributed by atoms with E-state index in [9.17, 15) is 13.2 Å². The molecule has 178 valence electrons. The average molecular weight is 472 g/mol. The molecule has 1 saturated heterocycles. The first-order valence-corrected chi connectivity index (χ1v) is 13.3. The Morgan fingerprint density at radius 3 is 2.61 bits per heavy atom. The van der Waals surface area contributed by atoms with Gasteiger partial charge in [-0.15, -0.1) is 0 Å². The van der Waals surface area contributed by atoms with Crippen molar-refractivity contribution in [2.24, 2.45) is 0 Å². The number of rotatable bonds is 7. The van der Waals surface area contributed by atoms with Gasteiger partial charge in [-0.3, -0.25) is 9.52 Å². The lowest BCUT2D eigenvalue weighted by atomic mass is 9.92. The molecule has 2 aliphatic rings. The van der Waals surface area contributed by atoms with Crippen molar-refractivity contribution in [3.8, 4) is 0 Å². The van der Waals surface area contributed by atoms with Crippen LogP contribution < -0.4 is 20.3 Å². The van der Waals surface area contributed by atoms with Gasteiger partial charge >= 0.3 is 0 Å². The van der Waals surface area contributed by atoms with E-state index in [2.05, 4.69) is 25.2 Å². The monoisotopic (exact) mass is 471 g/mol. The number of sulfonamides is 1. The number of aryl methyl sites for hydroxylation is 2. The summed E-state index contributed by atoms with van der Waals surface area (Å²) >= 11 is 0. The summed E-state index contributed by atoms with van der Waals surface area (Å²) in [5.41, 5.74) is 2.99. The number of nitrogens with zero attached hydrogens (tertiary/aromatic N) is 2. The van der Waals surface area contributed by atoms with Crippen LogP contribution in [0.2, 0.25) is 0 Å². The maximum absolute atomic E-state index is 13.1. The first-order chi connectivity index (χ1) is 15.9. The molecule has 1 aliphatic heterocycles. The zero-order valence-electron chi connectivity index (χ0n) is 19.4. The Morgan fingerprint density at radius 1 is 1.15 bits per heavy atom. The van der Waals surface area contributed by atoms with Crippen molar-refractivity contribution >= 4 is 27.4 Å². The molecule has 0 saturated carbocycles. The second kappa shape index (κ2) is 10.1. The van der Waals surface area contributed by atoms with Crippen molar-refractivity contribution in [3.63, 3.8) is 0 Å². The van der Waals surface area contributed by atoms with Crippen LogP contribution in [-0.4, -0.2) is 51.5 Å². The van der Waals surface area contributed by atoms with Gasteiger partial charge in [0.15, 0.2) is 0 Å². The van der Waals surface area contributed by atoms with Crippen molar-refractivity contribution in [1.29, 1.82) is 0 Å². The van der Waals surface area contributed by atoms with Crippen molar-refractivity contribution < 1.29 is 13.2 Å². The Balaban J connectivity index is 1.63. The van der Waals surface area contributed by atoms with Crippen LogP contribution in [0, 0.1) is 0 Å². The number of nitrogens with one attached hydrogen (secondary N) is 3. The third kappa shape index (κ3) is 5.47. The van der Waals surface area contributed by atoms with E-state index in [0.717, 1.165) is 63.8 Å². The standard InChI is InChI=1S/C24H33N5O3S/c1-3-17(2)27-24(30)22-15-20(16-26-23(22)29-12-10-25-11-13-29)28-33(31,32)21-9-8-18-6-4-5-7-19(18)14-21/h8-9,14-17,25,28H,3-7,10-13H2,1-2H3,(H,27,30). The summed E-state index contributed by atoms with van der Waals surface area (Å²) in [5.74, 6) is 0.328. The molecule has 1 atom stereocenters. The molecule has 1 fully saturated rings. The maximum atomic E-state index is 13.1. The van der Waals surface area contributed by atoms with Crippen LogP contribution in [0.4, 0.5) is 11.5 Å². The lowest BCUT2D eigenvalue weighted by Gasteiger charge is -2.30. The van der Waals surface area contributed by atoms with Crippen molar-refractivity contribution in [3.05, 3.63) is 47.2 Å². The van der Waals surface area contributed by atoms with E-state index in [1.165, 1.54) is 11.8 Å². The fourth-order valence-corrected chi connectivity index (χ4v) is 5.39. The lowest BCUT2D eigenvalue weighted by Crippen LogP contribution is -2.45. The molecule has 2 aromatic rings. The summed E-state index contributed by atoms with van der Waals surface area (Å²) in [6, 6.07) is 6.95. The number of anilines is 2. The van der Waals surface area contributed by atoms with Gasteiger partial charge in [-0.2, -0.15) is 0 Å². The number of aromatic nitrogens is 1. The van der Waals surface area contributed by atoms with E-state index in [-0.39, 0.29) is 22.5 Å². The molecule has 4 rings (SSSR count). The molecular formula is C24H33N5O3S. The normalized spacial score (nSPS) is 17.2. The second-order valence-corrected chi connectivity index (χ2v) is 10.5. The number of benzene rings is 1. The first kappa shape index (κ1) is 23.5. The zero-order valence-corrected chi connectivity index (χ0v) is 20.2. The Kier molecular flexibility index (Phi) is 7.19. The van der Waals surface area contributed by atoms with Crippen LogP contribution in [-0.2, 0) is 22.9 Å². The number of fused-ring (bicyclic) bond motifs is 1. The van der Waals surface area contributed by atoms with E-state index in [1.54, 1.807) is 18.2 Å². The molecule has 0 radical (unpaired) electrons. The van der Waals surface area contributed by atoms with Gasteiger partial charge in [0, 0.05) is 32.2 Å². The van der Waals surface area contributed by atoms with Gasteiger partial charge in [0.25, 0.3) is 15.9 Å². The number of piperazine rings is 1. The van der Waals surface area contributed by atoms with Gasteiger partial charge in [-0.1, -0.05) is 13.0 Å². The van der Waals surface area contributed by atoms with Crippen molar-refractivity contribution in [1.82, 2.24) is 15.6 Å². The fraction of sp³-hybridized carbons (Fsp3) is 0.500. The average Bonchev–Trinajstić information content (AvgIpc) is 2.83. The highest BCUT2D eigenvalue weighted by molar-refractivity contribution is 7.92.